The number of amides is 3. The molecular formula is C15H23N5O2S. The molecule has 8 heteroatoms. The quantitative estimate of drug-likeness (QED) is 0.853. The van der Waals surface area contributed by atoms with Gasteiger partial charge < -0.3 is 9.80 Å². The van der Waals surface area contributed by atoms with Crippen LogP contribution in [0.5, 0.6) is 0 Å². The molecule has 1 aromatic rings. The van der Waals surface area contributed by atoms with E-state index >= 15 is 0 Å². The summed E-state index contributed by atoms with van der Waals surface area (Å²) in [5, 5.41) is 3.36. The first-order valence-electron chi connectivity index (χ1n) is 8.07. The van der Waals surface area contributed by atoms with Crippen LogP contribution < -0.4 is 5.32 Å². The van der Waals surface area contributed by atoms with E-state index in [-0.39, 0.29) is 23.5 Å². The highest BCUT2D eigenvalue weighted by Gasteiger charge is 2.38. The molecule has 23 heavy (non-hydrogen) atoms. The second kappa shape index (κ2) is 6.07. The number of fused-ring (bicyclic) bond motifs is 1. The van der Waals surface area contributed by atoms with Crippen LogP contribution in [0.2, 0.25) is 0 Å². The van der Waals surface area contributed by atoms with E-state index in [1.165, 1.54) is 11.5 Å². The maximum Gasteiger partial charge on any atom is 0.325 e. The van der Waals surface area contributed by atoms with Crippen molar-refractivity contribution in [1.29, 1.82) is 0 Å². The zero-order chi connectivity index (χ0) is 16.6. The predicted molar refractivity (Wildman–Crippen MR) is 88.3 cm³/mol. The van der Waals surface area contributed by atoms with E-state index in [0.717, 1.165) is 31.6 Å². The van der Waals surface area contributed by atoms with Gasteiger partial charge in [0, 0.05) is 36.5 Å². The van der Waals surface area contributed by atoms with Crippen LogP contribution in [-0.4, -0.2) is 50.4 Å². The first-order chi connectivity index (χ1) is 10.9. The average Bonchev–Trinajstić information content (AvgIpc) is 2.96. The summed E-state index contributed by atoms with van der Waals surface area (Å²) in [4.78, 5) is 32.6. The Balaban J connectivity index is 1.70. The van der Waals surface area contributed by atoms with Gasteiger partial charge in [-0.15, -0.1) is 0 Å². The highest BCUT2D eigenvalue weighted by atomic mass is 32.1. The summed E-state index contributed by atoms with van der Waals surface area (Å²) >= 11 is 1.20. The van der Waals surface area contributed by atoms with Crippen molar-refractivity contribution in [3.05, 3.63) is 5.82 Å². The molecule has 1 unspecified atom stereocenters. The van der Waals surface area contributed by atoms with Gasteiger partial charge in [-0.1, -0.05) is 20.8 Å². The monoisotopic (exact) mass is 337 g/mol. The Morgan fingerprint density at radius 2 is 2.09 bits per heavy atom. The summed E-state index contributed by atoms with van der Waals surface area (Å²) in [6.07, 6.45) is 3.20. The molecule has 0 aromatic carbocycles. The van der Waals surface area contributed by atoms with Crippen molar-refractivity contribution in [2.24, 2.45) is 0 Å². The number of hydrogen-bond donors (Lipinski definition) is 1. The second-order valence-corrected chi connectivity index (χ2v) is 7.86. The van der Waals surface area contributed by atoms with Crippen LogP contribution >= 0.6 is 11.5 Å². The van der Waals surface area contributed by atoms with Crippen molar-refractivity contribution in [2.75, 3.05) is 18.4 Å². The lowest BCUT2D eigenvalue weighted by Crippen LogP contribution is -2.60. The predicted octanol–water partition coefficient (Wildman–Crippen LogP) is 2.41. The molecule has 1 aromatic heterocycles. The zero-order valence-corrected chi connectivity index (χ0v) is 14.7. The average molecular weight is 337 g/mol. The Kier molecular flexibility index (Phi) is 4.27. The first-order valence-corrected chi connectivity index (χ1v) is 8.85. The number of rotatable bonds is 1. The van der Waals surface area contributed by atoms with Crippen molar-refractivity contribution in [3.63, 3.8) is 0 Å². The van der Waals surface area contributed by atoms with E-state index in [9.17, 15) is 9.59 Å². The van der Waals surface area contributed by atoms with Gasteiger partial charge in [0.2, 0.25) is 11.0 Å². The molecular weight excluding hydrogens is 314 g/mol. The molecule has 0 saturated carbocycles. The van der Waals surface area contributed by atoms with Gasteiger partial charge in [-0.05, 0) is 19.3 Å². The number of carbonyl (C=O) groups is 2. The third-order valence-corrected chi connectivity index (χ3v) is 4.92. The number of hydrogen-bond acceptors (Lipinski definition) is 5. The van der Waals surface area contributed by atoms with E-state index in [1.54, 1.807) is 4.90 Å². The third kappa shape index (κ3) is 3.31. The number of piperidine rings is 1. The number of nitrogens with zero attached hydrogens (tertiary/aromatic N) is 4. The summed E-state index contributed by atoms with van der Waals surface area (Å²) in [5.41, 5.74) is -0.142. The number of carbonyl (C=O) groups excluding carboxylic acids is 2. The van der Waals surface area contributed by atoms with Gasteiger partial charge >= 0.3 is 6.03 Å². The summed E-state index contributed by atoms with van der Waals surface area (Å²) in [7, 11) is 0. The lowest BCUT2D eigenvalue weighted by Gasteiger charge is -2.45. The van der Waals surface area contributed by atoms with E-state index in [4.69, 9.17) is 0 Å². The van der Waals surface area contributed by atoms with Crippen molar-refractivity contribution in [1.82, 2.24) is 19.2 Å². The maximum atomic E-state index is 12.6. The zero-order valence-electron chi connectivity index (χ0n) is 13.8. The second-order valence-electron chi connectivity index (χ2n) is 7.11. The Morgan fingerprint density at radius 3 is 2.78 bits per heavy atom. The number of urea groups is 1. The van der Waals surface area contributed by atoms with Gasteiger partial charge in [-0.2, -0.15) is 4.37 Å². The molecule has 0 bridgehead atoms. The van der Waals surface area contributed by atoms with Crippen molar-refractivity contribution in [2.45, 2.75) is 58.0 Å². The fraction of sp³-hybridized carbons (Fsp3) is 0.733. The highest BCUT2D eigenvalue weighted by molar-refractivity contribution is 7.09. The minimum atomic E-state index is -0.189. The molecule has 126 valence electrons. The molecule has 2 aliphatic rings. The molecule has 0 aliphatic carbocycles. The van der Waals surface area contributed by atoms with Crippen LogP contribution in [0.1, 0.15) is 52.3 Å². The largest absolute Gasteiger partial charge is 0.325 e. The smallest absolute Gasteiger partial charge is 0.322 e. The van der Waals surface area contributed by atoms with Crippen LogP contribution in [0, 0.1) is 0 Å². The summed E-state index contributed by atoms with van der Waals surface area (Å²) in [6.45, 7) is 7.33. The van der Waals surface area contributed by atoms with Gasteiger partial charge in [-0.3, -0.25) is 10.1 Å². The molecule has 1 atom stereocenters. The molecule has 2 fully saturated rings. The highest BCUT2D eigenvalue weighted by Crippen LogP contribution is 2.27. The number of nitrogens with one attached hydrogen (secondary N) is 1. The lowest BCUT2D eigenvalue weighted by molar-refractivity contribution is -0.144. The summed E-state index contributed by atoms with van der Waals surface area (Å²) < 4.78 is 4.31. The summed E-state index contributed by atoms with van der Waals surface area (Å²) in [5.74, 6) is 0.885. The van der Waals surface area contributed by atoms with Gasteiger partial charge in [-0.25, -0.2) is 9.78 Å². The van der Waals surface area contributed by atoms with Gasteiger partial charge in [0.05, 0.1) is 0 Å². The molecule has 3 rings (SSSR count). The molecule has 0 spiro atoms. The topological polar surface area (TPSA) is 78.4 Å². The van der Waals surface area contributed by atoms with E-state index < -0.39 is 0 Å². The Morgan fingerprint density at radius 1 is 1.30 bits per heavy atom. The van der Waals surface area contributed by atoms with Gasteiger partial charge in [0.25, 0.3) is 0 Å². The third-order valence-electron chi connectivity index (χ3n) is 4.29. The Labute approximate surface area is 140 Å². The fourth-order valence-electron chi connectivity index (χ4n) is 3.02. The molecule has 2 aliphatic heterocycles. The van der Waals surface area contributed by atoms with E-state index in [2.05, 4.69) is 14.7 Å². The lowest BCUT2D eigenvalue weighted by atomic mass is 9.96. The molecule has 2 saturated heterocycles. The van der Waals surface area contributed by atoms with E-state index in [1.807, 2.05) is 25.7 Å². The molecule has 7 nitrogen and oxygen atoms in total. The van der Waals surface area contributed by atoms with Crippen LogP contribution in [0.4, 0.5) is 9.93 Å². The van der Waals surface area contributed by atoms with Crippen molar-refractivity contribution < 1.29 is 9.59 Å². The standard InChI is InChI=1S/C15H23N5O2S/c1-15(2,3)12-16-13(23-18-12)17-14(22)20-9-7-11(21)19-8-5-4-6-10(19)20/h10H,4-9H2,1-3H3,(H,16,17,18,22). The molecule has 0 radical (unpaired) electrons. The van der Waals surface area contributed by atoms with Gasteiger partial charge in [0.1, 0.15) is 12.0 Å². The van der Waals surface area contributed by atoms with Crippen LogP contribution in [-0.2, 0) is 10.2 Å². The number of aromatic nitrogens is 2. The first kappa shape index (κ1) is 16.2. The van der Waals surface area contributed by atoms with Crippen molar-refractivity contribution >= 4 is 28.6 Å². The molecule has 3 heterocycles. The Hall–Kier alpha value is -1.70. The van der Waals surface area contributed by atoms with Crippen molar-refractivity contribution in [3.8, 4) is 0 Å². The Bertz CT molecular complexity index is 609. The maximum absolute atomic E-state index is 12.6. The minimum absolute atomic E-state index is 0.111. The number of anilines is 1. The molecule has 1 N–H and O–H groups in total. The minimum Gasteiger partial charge on any atom is -0.322 e. The van der Waals surface area contributed by atoms with Crippen LogP contribution in [0.3, 0.4) is 0 Å². The fourth-order valence-corrected chi connectivity index (χ4v) is 3.76. The van der Waals surface area contributed by atoms with Gasteiger partial charge in [0.15, 0.2) is 0 Å². The van der Waals surface area contributed by atoms with Crippen LogP contribution in [0.25, 0.3) is 0 Å². The summed E-state index contributed by atoms with van der Waals surface area (Å²) in [6, 6.07) is -0.189. The van der Waals surface area contributed by atoms with Crippen LogP contribution in [0.15, 0.2) is 0 Å². The molecule has 3 amide bonds. The van der Waals surface area contributed by atoms with E-state index in [0.29, 0.717) is 18.1 Å². The SMILES string of the molecule is CC(C)(C)c1nsc(NC(=O)N2CCC(=O)N3CCCCC32)n1. The normalized spacial score (nSPS) is 22.0.